The van der Waals surface area contributed by atoms with Crippen LogP contribution in [0.1, 0.15) is 65.9 Å². The van der Waals surface area contributed by atoms with Crippen molar-refractivity contribution in [3.05, 3.63) is 107 Å². The van der Waals surface area contributed by atoms with Gasteiger partial charge in [0.15, 0.2) is 11.5 Å². The normalized spacial score (nSPS) is 16.9. The highest BCUT2D eigenvalue weighted by Gasteiger charge is 2.45. The van der Waals surface area contributed by atoms with E-state index in [4.69, 9.17) is 4.98 Å². The number of carbonyl (C=O) groups is 3. The Bertz CT molecular complexity index is 2380. The maximum absolute atomic E-state index is 13.4. The first kappa shape index (κ1) is 37.9. The number of rotatable bonds is 14. The largest absolute Gasteiger partial charge is 0.384 e. The SMILES string of the molecule is C=CCn1c(=O)c2cnc(Nc3ccc(N(C)CCCCNc4cccc5c4C(=O)N(C4CCC(=O)NC4O)C5=O)cc3)nc2n1-c1cccc(C(C)(C)O)n1. The van der Waals surface area contributed by atoms with Crippen LogP contribution in [0.2, 0.25) is 0 Å². The number of carbonyl (C=O) groups excluding carboxylic acids is 3. The van der Waals surface area contributed by atoms with E-state index >= 15 is 0 Å². The number of anilines is 4. The zero-order chi connectivity index (χ0) is 39.7. The van der Waals surface area contributed by atoms with Gasteiger partial charge >= 0.3 is 0 Å². The smallest absolute Gasteiger partial charge is 0.278 e. The van der Waals surface area contributed by atoms with Crippen LogP contribution in [0.15, 0.2) is 84.3 Å². The summed E-state index contributed by atoms with van der Waals surface area (Å²) >= 11 is 0. The summed E-state index contributed by atoms with van der Waals surface area (Å²) in [4.78, 5) is 68.5. The molecule has 5 N–H and O–H groups in total. The van der Waals surface area contributed by atoms with E-state index in [0.717, 1.165) is 35.7 Å². The molecule has 0 bridgehead atoms. The zero-order valence-electron chi connectivity index (χ0n) is 31.4. The number of nitrogens with zero attached hydrogens (tertiary/aromatic N) is 7. The van der Waals surface area contributed by atoms with Crippen molar-refractivity contribution in [1.29, 1.82) is 0 Å². The molecule has 0 spiro atoms. The molecule has 0 radical (unpaired) electrons. The molecule has 16 heteroatoms. The van der Waals surface area contributed by atoms with Gasteiger partial charge in [0.25, 0.3) is 17.4 Å². The van der Waals surface area contributed by atoms with Gasteiger partial charge in [-0.2, -0.15) is 4.98 Å². The monoisotopic (exact) mass is 760 g/mol. The summed E-state index contributed by atoms with van der Waals surface area (Å²) in [5.74, 6) is -0.561. The molecule has 1 fully saturated rings. The highest BCUT2D eigenvalue weighted by Crippen LogP contribution is 2.33. The number of aliphatic hydroxyl groups is 2. The summed E-state index contributed by atoms with van der Waals surface area (Å²) in [7, 11) is 2.01. The van der Waals surface area contributed by atoms with Crippen LogP contribution in [0.4, 0.5) is 23.0 Å². The Morgan fingerprint density at radius 2 is 1.79 bits per heavy atom. The van der Waals surface area contributed by atoms with Crippen molar-refractivity contribution < 1.29 is 24.6 Å². The second-order valence-electron chi connectivity index (χ2n) is 14.4. The summed E-state index contributed by atoms with van der Waals surface area (Å²) in [6.07, 6.45) is 3.77. The Hall–Kier alpha value is -6.39. The van der Waals surface area contributed by atoms with Crippen molar-refractivity contribution in [2.45, 2.75) is 63.9 Å². The summed E-state index contributed by atoms with van der Waals surface area (Å²) in [6.45, 7) is 8.64. The van der Waals surface area contributed by atoms with Gasteiger partial charge in [-0.15, -0.1) is 6.58 Å². The van der Waals surface area contributed by atoms with Crippen LogP contribution in [0, 0.1) is 0 Å². The van der Waals surface area contributed by atoms with E-state index in [-0.39, 0.29) is 47.9 Å². The zero-order valence-corrected chi connectivity index (χ0v) is 31.4. The summed E-state index contributed by atoms with van der Waals surface area (Å²) in [6, 6.07) is 17.3. The number of pyridine rings is 1. The van der Waals surface area contributed by atoms with E-state index in [1.165, 1.54) is 10.9 Å². The van der Waals surface area contributed by atoms with Crippen molar-refractivity contribution in [3.8, 4) is 5.82 Å². The van der Waals surface area contributed by atoms with Gasteiger partial charge in [0.1, 0.15) is 17.2 Å². The van der Waals surface area contributed by atoms with Gasteiger partial charge in [-0.1, -0.05) is 18.2 Å². The van der Waals surface area contributed by atoms with Crippen LogP contribution in [-0.4, -0.2) is 89.6 Å². The minimum atomic E-state index is -1.30. The third-order valence-electron chi connectivity index (χ3n) is 9.97. The van der Waals surface area contributed by atoms with Crippen LogP contribution in [0.5, 0.6) is 0 Å². The molecule has 0 aliphatic carbocycles. The van der Waals surface area contributed by atoms with Crippen LogP contribution in [-0.2, 0) is 16.9 Å². The number of allylic oxidation sites excluding steroid dienone is 1. The lowest BCUT2D eigenvalue weighted by Gasteiger charge is -2.33. The minimum Gasteiger partial charge on any atom is -0.384 e. The van der Waals surface area contributed by atoms with Crippen LogP contribution in [0.25, 0.3) is 16.9 Å². The molecule has 3 amide bonds. The molecule has 2 atom stereocenters. The first-order valence-corrected chi connectivity index (χ1v) is 18.5. The second kappa shape index (κ2) is 15.4. The predicted octanol–water partition coefficient (Wildman–Crippen LogP) is 3.66. The fraction of sp³-hybridized carbons (Fsp3) is 0.325. The molecular formula is C40H44N10O6. The molecule has 2 aliphatic rings. The Labute approximate surface area is 322 Å². The molecule has 2 unspecified atom stereocenters. The predicted molar refractivity (Wildman–Crippen MR) is 211 cm³/mol. The highest BCUT2D eigenvalue weighted by molar-refractivity contribution is 6.24. The van der Waals surface area contributed by atoms with Crippen LogP contribution in [0.3, 0.4) is 0 Å². The van der Waals surface area contributed by atoms with Crippen molar-refractivity contribution in [2.24, 2.45) is 0 Å². The number of fused-ring (bicyclic) bond motifs is 2. The number of amides is 3. The highest BCUT2D eigenvalue weighted by atomic mass is 16.3. The molecular weight excluding hydrogens is 717 g/mol. The average Bonchev–Trinajstić information content (AvgIpc) is 3.59. The number of aliphatic hydroxyl groups excluding tert-OH is 1. The minimum absolute atomic E-state index is 0.125. The number of benzene rings is 2. The lowest BCUT2D eigenvalue weighted by molar-refractivity contribution is -0.129. The summed E-state index contributed by atoms with van der Waals surface area (Å²) in [5.41, 5.74) is 2.19. The molecule has 0 saturated carbocycles. The van der Waals surface area contributed by atoms with E-state index in [1.807, 2.05) is 31.3 Å². The Morgan fingerprint density at radius 1 is 1.02 bits per heavy atom. The number of hydrogen-bond acceptors (Lipinski definition) is 12. The van der Waals surface area contributed by atoms with Gasteiger partial charge in [0, 0.05) is 49.8 Å². The van der Waals surface area contributed by atoms with Crippen molar-refractivity contribution in [2.75, 3.05) is 35.7 Å². The topological polar surface area (TPSA) is 200 Å². The van der Waals surface area contributed by atoms with E-state index < -0.39 is 29.7 Å². The van der Waals surface area contributed by atoms with E-state index in [0.29, 0.717) is 34.8 Å². The molecule has 5 heterocycles. The van der Waals surface area contributed by atoms with Gasteiger partial charge in [-0.3, -0.25) is 24.1 Å². The van der Waals surface area contributed by atoms with Crippen LogP contribution < -0.4 is 26.4 Å². The second-order valence-corrected chi connectivity index (χ2v) is 14.4. The summed E-state index contributed by atoms with van der Waals surface area (Å²) in [5, 5.41) is 30.2. The van der Waals surface area contributed by atoms with Crippen molar-refractivity contribution in [1.82, 2.24) is 34.5 Å². The average molecular weight is 761 g/mol. The lowest BCUT2D eigenvalue weighted by atomic mass is 10.0. The fourth-order valence-electron chi connectivity index (χ4n) is 7.04. The number of unbranched alkanes of at least 4 members (excludes halogenated alkanes) is 1. The number of piperidine rings is 1. The molecule has 2 aliphatic heterocycles. The third-order valence-corrected chi connectivity index (χ3v) is 9.97. The number of imide groups is 1. The van der Waals surface area contributed by atoms with Crippen LogP contribution >= 0.6 is 0 Å². The third kappa shape index (κ3) is 7.35. The molecule has 290 valence electrons. The van der Waals surface area contributed by atoms with E-state index in [2.05, 4.69) is 37.4 Å². The molecule has 2 aromatic carbocycles. The maximum atomic E-state index is 13.4. The fourth-order valence-corrected chi connectivity index (χ4v) is 7.04. The van der Waals surface area contributed by atoms with Crippen molar-refractivity contribution >= 4 is 51.8 Å². The Kier molecular flexibility index (Phi) is 10.4. The quantitative estimate of drug-likeness (QED) is 0.0627. The van der Waals surface area contributed by atoms with Gasteiger partial charge in [0.05, 0.1) is 29.4 Å². The van der Waals surface area contributed by atoms with E-state index in [1.54, 1.807) is 61.0 Å². The van der Waals surface area contributed by atoms with E-state index in [9.17, 15) is 29.4 Å². The lowest BCUT2D eigenvalue weighted by Crippen LogP contribution is -2.57. The van der Waals surface area contributed by atoms with Gasteiger partial charge in [-0.05, 0) is 81.6 Å². The van der Waals surface area contributed by atoms with Gasteiger partial charge in [0.2, 0.25) is 11.9 Å². The molecule has 3 aromatic heterocycles. The molecule has 7 rings (SSSR count). The summed E-state index contributed by atoms with van der Waals surface area (Å²) < 4.78 is 3.09. The van der Waals surface area contributed by atoms with Crippen molar-refractivity contribution in [3.63, 3.8) is 0 Å². The number of hydrogen-bond donors (Lipinski definition) is 5. The first-order chi connectivity index (χ1) is 26.8. The van der Waals surface area contributed by atoms with Gasteiger partial charge in [-0.25, -0.2) is 19.3 Å². The first-order valence-electron chi connectivity index (χ1n) is 18.5. The maximum Gasteiger partial charge on any atom is 0.278 e. The number of aromatic nitrogens is 5. The molecule has 5 aromatic rings. The number of nitrogens with one attached hydrogen (secondary N) is 3. The standard InChI is InChI=1S/C40H44N10O6/c1-5-21-48-36(53)27-23-42-39(46-34(27)50(48)31-13-9-12-30(44-31)40(2,3)56)43-24-14-16-25(17-15-24)47(4)22-7-6-20-41-28-11-8-10-26-33(28)38(55)49(37(26)54)29-18-19-32(51)45-35(29)52/h5,8-17,23,29,35,41,52,56H,1,6-7,18-22H2,2-4H3,(H,45,51)(H,42,43,46). The Morgan fingerprint density at radius 3 is 2.52 bits per heavy atom. The van der Waals surface area contributed by atoms with Gasteiger partial charge < -0.3 is 31.1 Å². The molecule has 16 nitrogen and oxygen atoms in total. The Balaban J connectivity index is 0.963. The molecule has 56 heavy (non-hydrogen) atoms. The molecule has 1 saturated heterocycles.